The van der Waals surface area contributed by atoms with E-state index < -0.39 is 17.9 Å². The van der Waals surface area contributed by atoms with E-state index in [9.17, 15) is 14.4 Å². The molecular weight excluding hydrogens is 322 g/mol. The number of benzene rings is 1. The van der Waals surface area contributed by atoms with Crippen LogP contribution in [-0.4, -0.2) is 30.3 Å². The molecule has 3 amide bonds. The summed E-state index contributed by atoms with van der Waals surface area (Å²) in [5.41, 5.74) is 0.647. The third kappa shape index (κ3) is 5.49. The Morgan fingerprint density at radius 3 is 2.36 bits per heavy atom. The minimum atomic E-state index is -0.776. The molecule has 1 heterocycles. The second-order valence-electron chi connectivity index (χ2n) is 5.80. The Morgan fingerprint density at radius 1 is 1.04 bits per heavy atom. The summed E-state index contributed by atoms with van der Waals surface area (Å²) < 4.78 is 5.01. The first-order chi connectivity index (χ1) is 12.0. The molecule has 0 saturated carbocycles. The van der Waals surface area contributed by atoms with Gasteiger partial charge in [0.15, 0.2) is 5.76 Å². The Kier molecular flexibility index (Phi) is 6.33. The van der Waals surface area contributed by atoms with E-state index >= 15 is 0 Å². The molecule has 132 valence electrons. The smallest absolute Gasteiger partial charge is 0.287 e. The summed E-state index contributed by atoms with van der Waals surface area (Å²) in [5.74, 6) is -1.29. The molecule has 7 nitrogen and oxygen atoms in total. The van der Waals surface area contributed by atoms with Gasteiger partial charge in [0.25, 0.3) is 5.91 Å². The fraction of sp³-hybridized carbons (Fsp3) is 0.278. The van der Waals surface area contributed by atoms with E-state index in [-0.39, 0.29) is 24.1 Å². The summed E-state index contributed by atoms with van der Waals surface area (Å²) in [6.07, 6.45) is 1.38. The SMILES string of the molecule is CC(C)[C@@H](NC(=O)c1ccco1)C(=O)NCC(=O)Nc1ccccc1. The van der Waals surface area contributed by atoms with Crippen molar-refractivity contribution < 1.29 is 18.8 Å². The fourth-order valence-corrected chi connectivity index (χ4v) is 2.16. The molecule has 1 aromatic heterocycles. The van der Waals surface area contributed by atoms with Gasteiger partial charge in [-0.15, -0.1) is 0 Å². The molecule has 0 spiro atoms. The molecule has 7 heteroatoms. The lowest BCUT2D eigenvalue weighted by Gasteiger charge is -2.21. The molecule has 25 heavy (non-hydrogen) atoms. The van der Waals surface area contributed by atoms with E-state index in [0.29, 0.717) is 5.69 Å². The van der Waals surface area contributed by atoms with Crippen molar-refractivity contribution in [2.45, 2.75) is 19.9 Å². The number of hydrogen-bond acceptors (Lipinski definition) is 4. The van der Waals surface area contributed by atoms with Crippen LogP contribution in [0.25, 0.3) is 0 Å². The van der Waals surface area contributed by atoms with Crippen molar-refractivity contribution in [3.63, 3.8) is 0 Å². The van der Waals surface area contributed by atoms with Gasteiger partial charge in [-0.2, -0.15) is 0 Å². The summed E-state index contributed by atoms with van der Waals surface area (Å²) in [5, 5.41) is 7.83. The number of carbonyl (C=O) groups is 3. The highest BCUT2D eigenvalue weighted by molar-refractivity contribution is 5.98. The van der Waals surface area contributed by atoms with Gasteiger partial charge in [-0.3, -0.25) is 14.4 Å². The van der Waals surface area contributed by atoms with Gasteiger partial charge in [0, 0.05) is 5.69 Å². The van der Waals surface area contributed by atoms with Crippen LogP contribution in [0, 0.1) is 5.92 Å². The number of nitrogens with one attached hydrogen (secondary N) is 3. The Bertz CT molecular complexity index is 711. The molecule has 2 aromatic rings. The van der Waals surface area contributed by atoms with Crippen LogP contribution < -0.4 is 16.0 Å². The van der Waals surface area contributed by atoms with Gasteiger partial charge in [-0.05, 0) is 30.2 Å². The molecule has 0 aliphatic carbocycles. The third-order valence-electron chi connectivity index (χ3n) is 3.46. The van der Waals surface area contributed by atoms with Crippen molar-refractivity contribution in [3.8, 4) is 0 Å². The van der Waals surface area contributed by atoms with E-state index in [2.05, 4.69) is 16.0 Å². The number of carbonyl (C=O) groups excluding carboxylic acids is 3. The van der Waals surface area contributed by atoms with Gasteiger partial charge >= 0.3 is 0 Å². The van der Waals surface area contributed by atoms with Crippen LogP contribution in [0.5, 0.6) is 0 Å². The Hall–Kier alpha value is -3.09. The van der Waals surface area contributed by atoms with Crippen LogP contribution in [0.4, 0.5) is 5.69 Å². The number of para-hydroxylation sites is 1. The zero-order chi connectivity index (χ0) is 18.2. The van der Waals surface area contributed by atoms with Crippen molar-refractivity contribution in [2.75, 3.05) is 11.9 Å². The fourth-order valence-electron chi connectivity index (χ4n) is 2.16. The molecule has 0 unspecified atom stereocenters. The number of rotatable bonds is 7. The minimum Gasteiger partial charge on any atom is -0.459 e. The summed E-state index contributed by atoms with van der Waals surface area (Å²) in [7, 11) is 0. The topological polar surface area (TPSA) is 100 Å². The molecule has 0 saturated heterocycles. The zero-order valence-corrected chi connectivity index (χ0v) is 14.1. The number of hydrogen-bond donors (Lipinski definition) is 3. The predicted octanol–water partition coefficient (Wildman–Crippen LogP) is 1.79. The van der Waals surface area contributed by atoms with Gasteiger partial charge in [-0.1, -0.05) is 32.0 Å². The van der Waals surface area contributed by atoms with Crippen molar-refractivity contribution in [3.05, 3.63) is 54.5 Å². The van der Waals surface area contributed by atoms with Gasteiger partial charge in [0.1, 0.15) is 6.04 Å². The predicted molar refractivity (Wildman–Crippen MR) is 92.9 cm³/mol. The summed E-state index contributed by atoms with van der Waals surface area (Å²) in [6.45, 7) is 3.42. The lowest BCUT2D eigenvalue weighted by molar-refractivity contribution is -0.126. The Labute approximate surface area is 145 Å². The average molecular weight is 343 g/mol. The maximum absolute atomic E-state index is 12.3. The molecule has 0 radical (unpaired) electrons. The molecule has 0 bridgehead atoms. The van der Waals surface area contributed by atoms with Crippen LogP contribution in [0.3, 0.4) is 0 Å². The highest BCUT2D eigenvalue weighted by Crippen LogP contribution is 2.06. The average Bonchev–Trinajstić information content (AvgIpc) is 3.12. The quantitative estimate of drug-likeness (QED) is 0.713. The largest absolute Gasteiger partial charge is 0.459 e. The molecule has 3 N–H and O–H groups in total. The second-order valence-corrected chi connectivity index (χ2v) is 5.80. The molecule has 2 rings (SSSR count). The second kappa shape index (κ2) is 8.68. The van der Waals surface area contributed by atoms with Crippen molar-refractivity contribution in [1.29, 1.82) is 0 Å². The number of anilines is 1. The monoisotopic (exact) mass is 343 g/mol. The highest BCUT2D eigenvalue weighted by atomic mass is 16.3. The number of amides is 3. The molecule has 0 aliphatic heterocycles. The van der Waals surface area contributed by atoms with Gasteiger partial charge in [-0.25, -0.2) is 0 Å². The van der Waals surface area contributed by atoms with Crippen LogP contribution >= 0.6 is 0 Å². The van der Waals surface area contributed by atoms with E-state index in [1.54, 1.807) is 44.2 Å². The molecular formula is C18H21N3O4. The lowest BCUT2D eigenvalue weighted by Crippen LogP contribution is -2.51. The first-order valence-electron chi connectivity index (χ1n) is 7.94. The molecule has 1 aromatic carbocycles. The molecule has 0 fully saturated rings. The van der Waals surface area contributed by atoms with Crippen LogP contribution in [0.15, 0.2) is 53.1 Å². The summed E-state index contributed by atoms with van der Waals surface area (Å²) in [6, 6.07) is 11.3. The van der Waals surface area contributed by atoms with Gasteiger partial charge < -0.3 is 20.4 Å². The van der Waals surface area contributed by atoms with Gasteiger partial charge in [0.2, 0.25) is 11.8 Å². The Balaban J connectivity index is 1.87. The van der Waals surface area contributed by atoms with E-state index in [4.69, 9.17) is 4.42 Å². The number of furan rings is 1. The zero-order valence-electron chi connectivity index (χ0n) is 14.1. The van der Waals surface area contributed by atoms with Crippen molar-refractivity contribution in [1.82, 2.24) is 10.6 Å². The lowest BCUT2D eigenvalue weighted by atomic mass is 10.0. The molecule has 1 atom stereocenters. The van der Waals surface area contributed by atoms with E-state index in [1.165, 1.54) is 12.3 Å². The first kappa shape index (κ1) is 18.3. The highest BCUT2D eigenvalue weighted by Gasteiger charge is 2.25. The summed E-state index contributed by atoms with van der Waals surface area (Å²) in [4.78, 5) is 36.2. The normalized spacial score (nSPS) is 11.6. The minimum absolute atomic E-state index is 0.125. The van der Waals surface area contributed by atoms with Crippen LogP contribution in [0.2, 0.25) is 0 Å². The summed E-state index contributed by atoms with van der Waals surface area (Å²) >= 11 is 0. The third-order valence-corrected chi connectivity index (χ3v) is 3.46. The first-order valence-corrected chi connectivity index (χ1v) is 7.94. The van der Waals surface area contributed by atoms with Crippen molar-refractivity contribution >= 4 is 23.4 Å². The van der Waals surface area contributed by atoms with E-state index in [0.717, 1.165) is 0 Å². The Morgan fingerprint density at radius 2 is 1.76 bits per heavy atom. The maximum atomic E-state index is 12.3. The van der Waals surface area contributed by atoms with Crippen LogP contribution in [-0.2, 0) is 9.59 Å². The standard InChI is InChI=1S/C18H21N3O4/c1-12(2)16(21-17(23)14-9-6-10-25-14)18(24)19-11-15(22)20-13-7-4-3-5-8-13/h3-10,12,16H,11H2,1-2H3,(H,19,24)(H,20,22)(H,21,23)/t16-/m1/s1. The van der Waals surface area contributed by atoms with E-state index in [1.807, 2.05) is 6.07 Å². The van der Waals surface area contributed by atoms with Crippen LogP contribution in [0.1, 0.15) is 24.4 Å². The molecule has 0 aliphatic rings. The maximum Gasteiger partial charge on any atom is 0.287 e. The van der Waals surface area contributed by atoms with Gasteiger partial charge in [0.05, 0.1) is 12.8 Å². The van der Waals surface area contributed by atoms with Crippen molar-refractivity contribution in [2.24, 2.45) is 5.92 Å².